The van der Waals surface area contributed by atoms with Gasteiger partial charge in [-0.2, -0.15) is 17.0 Å². The normalized spacial score (nSPS) is 21.5. The average molecular weight is 412 g/mol. The molecule has 2 aliphatic heterocycles. The van der Waals surface area contributed by atoms with Crippen LogP contribution in [0.2, 0.25) is 0 Å². The van der Waals surface area contributed by atoms with E-state index in [-0.39, 0.29) is 11.8 Å². The Morgan fingerprint density at radius 2 is 1.75 bits per heavy atom. The van der Waals surface area contributed by atoms with E-state index in [1.165, 1.54) is 28.9 Å². The maximum Gasteiger partial charge on any atom is 0.281 e. The Bertz CT molecular complexity index is 701. The van der Waals surface area contributed by atoms with Gasteiger partial charge in [-0.25, -0.2) is 0 Å². The number of piperidine rings is 1. The van der Waals surface area contributed by atoms with Gasteiger partial charge in [-0.05, 0) is 43.8 Å². The lowest BCUT2D eigenvalue weighted by Crippen LogP contribution is -2.54. The van der Waals surface area contributed by atoms with Crippen molar-refractivity contribution in [3.8, 4) is 0 Å². The van der Waals surface area contributed by atoms with Crippen LogP contribution in [-0.4, -0.2) is 92.6 Å². The molecule has 2 fully saturated rings. The molecule has 0 bridgehead atoms. The van der Waals surface area contributed by atoms with Gasteiger partial charge in [0.05, 0.1) is 0 Å². The first kappa shape index (κ1) is 22.6. The van der Waals surface area contributed by atoms with Crippen molar-refractivity contribution in [3.05, 3.63) is 36.6 Å². The molecule has 0 aromatic carbocycles. The summed E-state index contributed by atoms with van der Waals surface area (Å²) in [6.07, 6.45) is 8.75. The lowest BCUT2D eigenvalue weighted by Gasteiger charge is -2.38. The predicted molar refractivity (Wildman–Crippen MR) is 112 cm³/mol. The highest BCUT2D eigenvalue weighted by Gasteiger charge is 2.33. The lowest BCUT2D eigenvalue weighted by atomic mass is 9.94. The van der Waals surface area contributed by atoms with Gasteiger partial charge in [0.25, 0.3) is 10.2 Å². The quantitative estimate of drug-likeness (QED) is 0.606. The highest BCUT2D eigenvalue weighted by molar-refractivity contribution is 7.86. The highest BCUT2D eigenvalue weighted by Crippen LogP contribution is 2.22. The van der Waals surface area contributed by atoms with Crippen LogP contribution in [0.25, 0.3) is 0 Å². The first-order valence-electron chi connectivity index (χ1n) is 9.68. The molecule has 0 atom stereocenters. The van der Waals surface area contributed by atoms with Crippen molar-refractivity contribution >= 4 is 16.1 Å². The van der Waals surface area contributed by atoms with E-state index in [1.807, 2.05) is 17.1 Å². The maximum atomic E-state index is 12.9. The Balaban J connectivity index is 1.83. The molecule has 0 radical (unpaired) electrons. The van der Waals surface area contributed by atoms with Crippen molar-refractivity contribution in [3.63, 3.8) is 0 Å². The Morgan fingerprint density at radius 1 is 1.14 bits per heavy atom. The Morgan fingerprint density at radius 3 is 2.25 bits per heavy atom. The number of amides is 1. The summed E-state index contributed by atoms with van der Waals surface area (Å²) in [7, 11) is -0.352. The number of carbonyl (C=O) groups is 1. The summed E-state index contributed by atoms with van der Waals surface area (Å²) >= 11 is 0. The Kier molecular flexibility index (Phi) is 8.23. The summed E-state index contributed by atoms with van der Waals surface area (Å²) in [5.74, 6) is 0.176. The van der Waals surface area contributed by atoms with E-state index >= 15 is 0 Å². The second-order valence-electron chi connectivity index (χ2n) is 7.40. The molecule has 2 rings (SSSR count). The van der Waals surface area contributed by atoms with Crippen LogP contribution < -0.4 is 5.73 Å². The zero-order valence-corrected chi connectivity index (χ0v) is 17.8. The number of nitrogens with two attached hydrogens (primary N) is 1. The van der Waals surface area contributed by atoms with Gasteiger partial charge in [0.1, 0.15) is 0 Å². The van der Waals surface area contributed by atoms with Crippen molar-refractivity contribution in [1.29, 1.82) is 0 Å². The van der Waals surface area contributed by atoms with Crippen molar-refractivity contribution in [2.24, 2.45) is 11.7 Å². The number of hydrogen-bond donors (Lipinski definition) is 1. The second kappa shape index (κ2) is 10.2. The number of hydrogen-bond acceptors (Lipinski definition) is 5. The summed E-state index contributed by atoms with van der Waals surface area (Å²) in [6, 6.07) is 0. The molecular weight excluding hydrogens is 378 g/mol. The molecule has 2 aliphatic rings. The van der Waals surface area contributed by atoms with Gasteiger partial charge in [0, 0.05) is 52.7 Å². The van der Waals surface area contributed by atoms with Crippen LogP contribution in [0.3, 0.4) is 0 Å². The van der Waals surface area contributed by atoms with Crippen molar-refractivity contribution < 1.29 is 13.2 Å². The fraction of sp³-hybridized carbons (Fsp3) is 0.632. The third kappa shape index (κ3) is 5.66. The third-order valence-electron chi connectivity index (χ3n) is 5.32. The molecule has 0 aromatic heterocycles. The summed E-state index contributed by atoms with van der Waals surface area (Å²) in [5, 5.41) is 0. The molecule has 1 amide bonds. The van der Waals surface area contributed by atoms with Crippen LogP contribution in [0.15, 0.2) is 36.6 Å². The number of rotatable bonds is 7. The van der Waals surface area contributed by atoms with Gasteiger partial charge in [-0.15, -0.1) is 0 Å². The number of likely N-dealkylation sites (tertiary alicyclic amines) is 1. The standard InChI is InChI=1S/C19H33N5O3S/c1-4-5-17(6-9-20)16-22-10-7-18(8-11-22)19(25)23-12-14-24(15-13-23)28(26,27)21(2)3/h4-6,9,18H,1,7-8,10-16,20H2,2-3H3/b9-6-,17-5+. The van der Waals surface area contributed by atoms with E-state index in [0.29, 0.717) is 26.2 Å². The van der Waals surface area contributed by atoms with E-state index in [9.17, 15) is 13.2 Å². The van der Waals surface area contributed by atoms with Crippen LogP contribution >= 0.6 is 0 Å². The lowest BCUT2D eigenvalue weighted by molar-refractivity contribution is -0.138. The molecule has 9 heteroatoms. The second-order valence-corrected chi connectivity index (χ2v) is 9.54. The molecule has 0 aromatic rings. The van der Waals surface area contributed by atoms with Crippen molar-refractivity contribution in [2.45, 2.75) is 12.8 Å². The van der Waals surface area contributed by atoms with Crippen molar-refractivity contribution in [2.75, 3.05) is 59.9 Å². The van der Waals surface area contributed by atoms with Crippen molar-refractivity contribution in [1.82, 2.24) is 18.4 Å². The molecule has 0 saturated carbocycles. The van der Waals surface area contributed by atoms with Gasteiger partial charge >= 0.3 is 0 Å². The summed E-state index contributed by atoms with van der Waals surface area (Å²) in [4.78, 5) is 17.0. The molecule has 28 heavy (non-hydrogen) atoms. The molecule has 2 heterocycles. The van der Waals surface area contributed by atoms with Gasteiger partial charge in [0.2, 0.25) is 5.91 Å². The van der Waals surface area contributed by atoms with Crippen LogP contribution in [0.1, 0.15) is 12.8 Å². The fourth-order valence-corrected chi connectivity index (χ4v) is 4.75. The average Bonchev–Trinajstić information content (AvgIpc) is 2.68. The minimum absolute atomic E-state index is 0.0186. The number of piperazine rings is 1. The van der Waals surface area contributed by atoms with Crippen LogP contribution in [0.4, 0.5) is 0 Å². The molecule has 8 nitrogen and oxygen atoms in total. The molecule has 0 spiro atoms. The molecule has 0 unspecified atom stereocenters. The fourth-order valence-electron chi connectivity index (χ4n) is 3.66. The van der Waals surface area contributed by atoms with Gasteiger partial charge < -0.3 is 10.6 Å². The monoisotopic (exact) mass is 411 g/mol. The van der Waals surface area contributed by atoms with Gasteiger partial charge in [-0.1, -0.05) is 18.7 Å². The minimum atomic E-state index is -3.41. The summed E-state index contributed by atoms with van der Waals surface area (Å²) < 4.78 is 27.1. The van der Waals surface area contributed by atoms with Gasteiger partial charge in [0.15, 0.2) is 0 Å². The molecule has 2 N–H and O–H groups in total. The maximum absolute atomic E-state index is 12.9. The zero-order chi connectivity index (χ0) is 20.7. The first-order chi connectivity index (χ1) is 13.3. The largest absolute Gasteiger partial charge is 0.405 e. The SMILES string of the molecule is C=C/C=C(\C=C/N)CN1CCC(C(=O)N2CCN(S(=O)(=O)N(C)C)CC2)CC1. The molecule has 158 valence electrons. The van der Waals surface area contributed by atoms with Crippen LogP contribution in [0.5, 0.6) is 0 Å². The first-order valence-corrected chi connectivity index (χ1v) is 11.1. The van der Waals surface area contributed by atoms with E-state index in [2.05, 4.69) is 11.5 Å². The third-order valence-corrected chi connectivity index (χ3v) is 7.26. The highest BCUT2D eigenvalue weighted by atomic mass is 32.2. The molecule has 2 saturated heterocycles. The summed E-state index contributed by atoms with van der Waals surface area (Å²) in [5.41, 5.74) is 6.59. The van der Waals surface area contributed by atoms with Crippen LogP contribution in [0, 0.1) is 5.92 Å². The Labute approximate surface area is 169 Å². The number of carbonyl (C=O) groups excluding carboxylic acids is 1. The molecular formula is C19H33N5O3S. The molecule has 0 aliphatic carbocycles. The predicted octanol–water partition coefficient (Wildman–Crippen LogP) is 0.234. The van der Waals surface area contributed by atoms with Gasteiger partial charge in [-0.3, -0.25) is 9.69 Å². The van der Waals surface area contributed by atoms with E-state index in [0.717, 1.165) is 38.0 Å². The smallest absolute Gasteiger partial charge is 0.281 e. The summed E-state index contributed by atoms with van der Waals surface area (Å²) in [6.45, 7) is 7.86. The minimum Gasteiger partial charge on any atom is -0.405 e. The van der Waals surface area contributed by atoms with E-state index in [4.69, 9.17) is 5.73 Å². The number of nitrogens with zero attached hydrogens (tertiary/aromatic N) is 4. The van der Waals surface area contributed by atoms with Crippen LogP contribution in [-0.2, 0) is 15.0 Å². The van der Waals surface area contributed by atoms with E-state index < -0.39 is 10.2 Å². The van der Waals surface area contributed by atoms with E-state index in [1.54, 1.807) is 6.08 Å². The topological polar surface area (TPSA) is 90.2 Å². The Hall–Kier alpha value is -1.68. The number of allylic oxidation sites excluding steroid dienone is 2. The zero-order valence-electron chi connectivity index (χ0n) is 17.0.